The van der Waals surface area contributed by atoms with Crippen LogP contribution in [0.15, 0.2) is 34.3 Å². The summed E-state index contributed by atoms with van der Waals surface area (Å²) in [5.41, 5.74) is 18.7. The van der Waals surface area contributed by atoms with E-state index < -0.39 is 0 Å². The van der Waals surface area contributed by atoms with Gasteiger partial charge in [-0.25, -0.2) is 4.99 Å². The van der Waals surface area contributed by atoms with E-state index in [1.807, 2.05) is 12.1 Å². The molecule has 0 bridgehead atoms. The maximum atomic E-state index is 5.59. The van der Waals surface area contributed by atoms with Gasteiger partial charge < -0.3 is 17.2 Å². The largest absolute Gasteiger partial charge is 0.370 e. The molecule has 0 aliphatic heterocycles. The molecule has 6 N–H and O–H groups in total. The molecule has 5 nitrogen and oxygen atoms in total. The van der Waals surface area contributed by atoms with E-state index in [4.69, 9.17) is 17.2 Å². The van der Waals surface area contributed by atoms with Crippen LogP contribution in [0.1, 0.15) is 11.1 Å². The van der Waals surface area contributed by atoms with Crippen molar-refractivity contribution in [2.45, 2.75) is 18.9 Å². The van der Waals surface area contributed by atoms with Crippen molar-refractivity contribution in [3.63, 3.8) is 0 Å². The summed E-state index contributed by atoms with van der Waals surface area (Å²) >= 11 is 0. The number of benzene rings is 1. The Morgan fingerprint density at radius 2 is 1.62 bits per heavy atom. The minimum absolute atomic E-state index is 0.0586. The molecule has 0 saturated heterocycles. The zero-order chi connectivity index (χ0) is 11.5. The summed E-state index contributed by atoms with van der Waals surface area (Å²) in [7, 11) is 0. The minimum atomic E-state index is -0.0586. The fourth-order valence-corrected chi connectivity index (χ4v) is 1.98. The number of guanidine groups is 2. The Morgan fingerprint density at radius 1 is 1.06 bits per heavy atom. The Morgan fingerprint density at radius 3 is 2.12 bits per heavy atom. The van der Waals surface area contributed by atoms with Gasteiger partial charge in [0.1, 0.15) is 0 Å². The van der Waals surface area contributed by atoms with Gasteiger partial charge in [0.05, 0.1) is 6.04 Å². The van der Waals surface area contributed by atoms with Crippen LogP contribution < -0.4 is 17.2 Å². The van der Waals surface area contributed by atoms with E-state index in [2.05, 4.69) is 22.1 Å². The van der Waals surface area contributed by atoms with Crippen molar-refractivity contribution < 1.29 is 0 Å². The number of aliphatic imine (C=N–C) groups is 2. The van der Waals surface area contributed by atoms with Crippen LogP contribution in [0.2, 0.25) is 0 Å². The van der Waals surface area contributed by atoms with Gasteiger partial charge in [-0.3, -0.25) is 0 Å². The first-order valence-corrected chi connectivity index (χ1v) is 5.15. The lowest BCUT2D eigenvalue weighted by molar-refractivity contribution is 0.721. The van der Waals surface area contributed by atoms with Crippen LogP contribution in [0.3, 0.4) is 0 Å². The summed E-state index contributed by atoms with van der Waals surface area (Å²) in [4.78, 5) is 7.98. The van der Waals surface area contributed by atoms with Gasteiger partial charge in [-0.05, 0) is 24.0 Å². The second kappa shape index (κ2) is 4.22. The fourth-order valence-electron chi connectivity index (χ4n) is 1.98. The molecule has 2 rings (SSSR count). The normalized spacial score (nSPS) is 15.9. The lowest BCUT2D eigenvalue weighted by Crippen LogP contribution is -2.27. The lowest BCUT2D eigenvalue weighted by Gasteiger charge is -2.02. The summed E-state index contributed by atoms with van der Waals surface area (Å²) in [6, 6.07) is 8.44. The van der Waals surface area contributed by atoms with Crippen LogP contribution >= 0.6 is 0 Å². The highest BCUT2D eigenvalue weighted by Gasteiger charge is 2.20. The van der Waals surface area contributed by atoms with E-state index >= 15 is 0 Å². The molecule has 0 fully saturated rings. The maximum Gasteiger partial charge on any atom is 0.218 e. The van der Waals surface area contributed by atoms with E-state index in [1.54, 1.807) is 0 Å². The molecule has 16 heavy (non-hydrogen) atoms. The molecule has 0 aromatic heterocycles. The number of hydrogen-bond donors (Lipinski definition) is 3. The summed E-state index contributed by atoms with van der Waals surface area (Å²) < 4.78 is 0. The third-order valence-corrected chi connectivity index (χ3v) is 2.59. The quantitative estimate of drug-likeness (QED) is 0.446. The van der Waals surface area contributed by atoms with Gasteiger partial charge in [0.2, 0.25) is 5.96 Å². The monoisotopic (exact) mass is 217 g/mol. The van der Waals surface area contributed by atoms with Gasteiger partial charge >= 0.3 is 0 Å². The average Bonchev–Trinajstić information content (AvgIpc) is 2.57. The van der Waals surface area contributed by atoms with Gasteiger partial charge in [0, 0.05) is 0 Å². The van der Waals surface area contributed by atoms with Gasteiger partial charge in [-0.1, -0.05) is 24.3 Å². The molecule has 0 spiro atoms. The number of hydrogen-bond acceptors (Lipinski definition) is 1. The standard InChI is InChI=1S/C11H15N5/c12-10(13)16-11(14)15-9-5-7-3-1-2-4-8(7)6-9/h1-4,9H,5-6H2,(H6,12,13,14,15,16). The topological polar surface area (TPSA) is 103 Å². The van der Waals surface area contributed by atoms with Crippen molar-refractivity contribution in [2.75, 3.05) is 0 Å². The second-order valence-electron chi connectivity index (χ2n) is 3.85. The third-order valence-electron chi connectivity index (χ3n) is 2.59. The van der Waals surface area contributed by atoms with Crippen molar-refractivity contribution in [3.8, 4) is 0 Å². The Bertz CT molecular complexity index is 420. The van der Waals surface area contributed by atoms with Crippen LogP contribution in [0.5, 0.6) is 0 Å². The van der Waals surface area contributed by atoms with E-state index in [-0.39, 0.29) is 18.0 Å². The Labute approximate surface area is 94.1 Å². The molecule has 1 aromatic carbocycles. The molecule has 1 aliphatic carbocycles. The molecule has 0 atom stereocenters. The summed E-state index contributed by atoms with van der Waals surface area (Å²) in [6.45, 7) is 0. The summed E-state index contributed by atoms with van der Waals surface area (Å²) in [5.74, 6) is 0.0922. The van der Waals surface area contributed by atoms with E-state index in [0.29, 0.717) is 0 Å². The molecule has 0 radical (unpaired) electrons. The highest BCUT2D eigenvalue weighted by Crippen LogP contribution is 2.23. The SMILES string of the molecule is NC(N)=NC(N)=NC1Cc2ccccc2C1. The van der Waals surface area contributed by atoms with Crippen molar-refractivity contribution in [3.05, 3.63) is 35.4 Å². The number of rotatable bonds is 1. The molecule has 1 aliphatic rings. The van der Waals surface area contributed by atoms with Gasteiger partial charge in [-0.15, -0.1) is 0 Å². The van der Waals surface area contributed by atoms with Crippen LogP contribution in [0, 0.1) is 0 Å². The lowest BCUT2D eigenvalue weighted by atomic mass is 10.1. The smallest absolute Gasteiger partial charge is 0.218 e. The van der Waals surface area contributed by atoms with Crippen molar-refractivity contribution in [2.24, 2.45) is 27.2 Å². The van der Waals surface area contributed by atoms with Crippen LogP contribution in [0.4, 0.5) is 0 Å². The molecular weight excluding hydrogens is 202 g/mol. The Balaban J connectivity index is 2.10. The highest BCUT2D eigenvalue weighted by atomic mass is 15.1. The zero-order valence-electron chi connectivity index (χ0n) is 8.93. The first kappa shape index (κ1) is 10.5. The molecule has 0 heterocycles. The van der Waals surface area contributed by atoms with Gasteiger partial charge in [0.25, 0.3) is 0 Å². The Hall–Kier alpha value is -2.04. The summed E-state index contributed by atoms with van der Waals surface area (Å²) in [6.07, 6.45) is 1.80. The first-order chi connectivity index (χ1) is 7.65. The van der Waals surface area contributed by atoms with Crippen LogP contribution in [-0.2, 0) is 12.8 Å². The number of nitrogens with zero attached hydrogens (tertiary/aromatic N) is 2. The second-order valence-corrected chi connectivity index (χ2v) is 3.85. The van der Waals surface area contributed by atoms with Crippen molar-refractivity contribution >= 4 is 11.9 Å². The predicted octanol–water partition coefficient (Wildman–Crippen LogP) is -0.258. The number of nitrogens with two attached hydrogens (primary N) is 3. The molecule has 0 saturated carbocycles. The Kier molecular flexibility index (Phi) is 2.76. The minimum Gasteiger partial charge on any atom is -0.370 e. The molecule has 0 amide bonds. The van der Waals surface area contributed by atoms with Gasteiger partial charge in [-0.2, -0.15) is 4.99 Å². The van der Waals surface area contributed by atoms with Crippen molar-refractivity contribution in [1.82, 2.24) is 0 Å². The molecule has 84 valence electrons. The van der Waals surface area contributed by atoms with Gasteiger partial charge in [0.15, 0.2) is 5.96 Å². The number of fused-ring (bicyclic) bond motifs is 1. The maximum absolute atomic E-state index is 5.59. The van der Waals surface area contributed by atoms with Crippen molar-refractivity contribution in [1.29, 1.82) is 0 Å². The van der Waals surface area contributed by atoms with Crippen LogP contribution in [-0.4, -0.2) is 18.0 Å². The average molecular weight is 217 g/mol. The van der Waals surface area contributed by atoms with E-state index in [1.165, 1.54) is 11.1 Å². The molecule has 0 unspecified atom stereocenters. The van der Waals surface area contributed by atoms with E-state index in [9.17, 15) is 0 Å². The molecule has 1 aromatic rings. The fraction of sp³-hybridized carbons (Fsp3) is 0.273. The predicted molar refractivity (Wildman–Crippen MR) is 65.1 cm³/mol. The molecule has 5 heteroatoms. The molecular formula is C11H15N5. The first-order valence-electron chi connectivity index (χ1n) is 5.15. The summed E-state index contributed by atoms with van der Waals surface area (Å²) in [5, 5.41) is 0. The highest BCUT2D eigenvalue weighted by molar-refractivity contribution is 5.92. The third kappa shape index (κ3) is 2.31. The van der Waals surface area contributed by atoms with Crippen LogP contribution in [0.25, 0.3) is 0 Å². The zero-order valence-corrected chi connectivity index (χ0v) is 8.93. The van der Waals surface area contributed by atoms with E-state index in [0.717, 1.165) is 12.8 Å².